The van der Waals surface area contributed by atoms with Crippen LogP contribution in [0.25, 0.3) is 0 Å². The second-order valence-corrected chi connectivity index (χ2v) is 6.23. The van der Waals surface area contributed by atoms with Crippen LogP contribution in [0.1, 0.15) is 51.5 Å². The van der Waals surface area contributed by atoms with E-state index < -0.39 is 0 Å². The van der Waals surface area contributed by atoms with E-state index >= 15 is 0 Å². The summed E-state index contributed by atoms with van der Waals surface area (Å²) in [5.41, 5.74) is 8.06. The second kappa shape index (κ2) is 8.28. The van der Waals surface area contributed by atoms with Crippen LogP contribution in [-0.2, 0) is 6.42 Å². The van der Waals surface area contributed by atoms with Crippen molar-refractivity contribution in [1.82, 2.24) is 5.32 Å². The molecule has 1 aromatic rings. The Morgan fingerprint density at radius 3 is 2.81 bits per heavy atom. The largest absolute Gasteiger partial charge is 0.492 e. The van der Waals surface area contributed by atoms with Crippen LogP contribution in [0, 0.1) is 5.92 Å². The van der Waals surface area contributed by atoms with Gasteiger partial charge in [-0.05, 0) is 62.8 Å². The van der Waals surface area contributed by atoms with E-state index in [2.05, 4.69) is 18.3 Å². The molecule has 0 spiro atoms. The van der Waals surface area contributed by atoms with E-state index in [0.29, 0.717) is 6.61 Å². The first-order valence-corrected chi connectivity index (χ1v) is 8.45. The average Bonchev–Trinajstić information content (AvgIpc) is 2.48. The fraction of sp³-hybridized carbons (Fsp3) is 0.667. The Morgan fingerprint density at radius 1 is 1.29 bits per heavy atom. The lowest BCUT2D eigenvalue weighted by atomic mass is 9.86. The maximum absolute atomic E-state index is 6.01. The molecule has 3 nitrogen and oxygen atoms in total. The van der Waals surface area contributed by atoms with Crippen LogP contribution in [0.3, 0.4) is 0 Å². The third-order valence-electron chi connectivity index (χ3n) is 4.53. The SMILES string of the molecule is CCOc1ccc(CCCNC2CCCCC2C)cc1N. The molecule has 0 bridgehead atoms. The first-order valence-electron chi connectivity index (χ1n) is 8.45. The van der Waals surface area contributed by atoms with Crippen LogP contribution in [0.2, 0.25) is 0 Å². The van der Waals surface area contributed by atoms with Gasteiger partial charge in [0.1, 0.15) is 5.75 Å². The fourth-order valence-electron chi connectivity index (χ4n) is 3.24. The van der Waals surface area contributed by atoms with E-state index in [1.165, 1.54) is 31.2 Å². The molecule has 3 N–H and O–H groups in total. The van der Waals surface area contributed by atoms with Gasteiger partial charge in [-0.15, -0.1) is 0 Å². The number of ether oxygens (including phenoxy) is 1. The van der Waals surface area contributed by atoms with Crippen LogP contribution in [0.4, 0.5) is 5.69 Å². The Labute approximate surface area is 129 Å². The zero-order valence-electron chi connectivity index (χ0n) is 13.5. The van der Waals surface area contributed by atoms with E-state index in [1.54, 1.807) is 0 Å². The summed E-state index contributed by atoms with van der Waals surface area (Å²) in [5, 5.41) is 3.73. The highest BCUT2D eigenvalue weighted by molar-refractivity contribution is 5.54. The lowest BCUT2D eigenvalue weighted by Crippen LogP contribution is -2.37. The predicted octanol–water partition coefficient (Wildman–Crippen LogP) is 3.77. The normalized spacial score (nSPS) is 22.2. The Balaban J connectivity index is 1.72. The van der Waals surface area contributed by atoms with Crippen LogP contribution >= 0.6 is 0 Å². The van der Waals surface area contributed by atoms with Crippen molar-refractivity contribution in [1.29, 1.82) is 0 Å². The molecule has 118 valence electrons. The smallest absolute Gasteiger partial charge is 0.142 e. The van der Waals surface area contributed by atoms with Crippen molar-refractivity contribution in [3.8, 4) is 5.75 Å². The van der Waals surface area contributed by atoms with Crippen molar-refractivity contribution in [2.45, 2.75) is 58.4 Å². The van der Waals surface area contributed by atoms with Gasteiger partial charge < -0.3 is 15.8 Å². The average molecular weight is 290 g/mol. The minimum atomic E-state index is 0.660. The van der Waals surface area contributed by atoms with Crippen molar-refractivity contribution in [3.63, 3.8) is 0 Å². The Bertz CT molecular complexity index is 433. The summed E-state index contributed by atoms with van der Waals surface area (Å²) in [5.74, 6) is 1.63. The summed E-state index contributed by atoms with van der Waals surface area (Å²) >= 11 is 0. The summed E-state index contributed by atoms with van der Waals surface area (Å²) in [6, 6.07) is 6.90. The molecule has 2 rings (SSSR count). The van der Waals surface area contributed by atoms with Crippen molar-refractivity contribution in [2.75, 3.05) is 18.9 Å². The van der Waals surface area contributed by atoms with Gasteiger partial charge in [-0.2, -0.15) is 0 Å². The molecule has 0 radical (unpaired) electrons. The molecule has 2 atom stereocenters. The number of nitrogens with two attached hydrogens (primary N) is 1. The maximum atomic E-state index is 6.01. The maximum Gasteiger partial charge on any atom is 0.142 e. The molecule has 21 heavy (non-hydrogen) atoms. The summed E-state index contributed by atoms with van der Waals surface area (Å²) in [4.78, 5) is 0. The number of rotatable bonds is 7. The molecule has 0 saturated heterocycles. The van der Waals surface area contributed by atoms with Crippen molar-refractivity contribution in [3.05, 3.63) is 23.8 Å². The summed E-state index contributed by atoms with van der Waals surface area (Å²) in [6.07, 6.45) is 7.76. The lowest BCUT2D eigenvalue weighted by molar-refractivity contribution is 0.280. The number of hydrogen-bond donors (Lipinski definition) is 2. The molecule has 1 aliphatic carbocycles. The summed E-state index contributed by atoms with van der Waals surface area (Å²) in [7, 11) is 0. The van der Waals surface area contributed by atoms with Gasteiger partial charge >= 0.3 is 0 Å². The fourth-order valence-corrected chi connectivity index (χ4v) is 3.24. The van der Waals surface area contributed by atoms with Gasteiger partial charge in [0.15, 0.2) is 0 Å². The third kappa shape index (κ3) is 4.92. The molecular weight excluding hydrogens is 260 g/mol. The highest BCUT2D eigenvalue weighted by Crippen LogP contribution is 2.24. The molecule has 0 aromatic heterocycles. The highest BCUT2D eigenvalue weighted by atomic mass is 16.5. The molecule has 1 aliphatic rings. The van der Waals surface area contributed by atoms with Crippen molar-refractivity contribution < 1.29 is 4.74 Å². The first-order chi connectivity index (χ1) is 10.2. The molecule has 1 aromatic carbocycles. The first kappa shape index (κ1) is 16.2. The number of nitrogen functional groups attached to an aromatic ring is 1. The van der Waals surface area contributed by atoms with Gasteiger partial charge in [-0.3, -0.25) is 0 Å². The Hall–Kier alpha value is -1.22. The Morgan fingerprint density at radius 2 is 2.10 bits per heavy atom. The summed E-state index contributed by atoms with van der Waals surface area (Å²) < 4.78 is 5.47. The van der Waals surface area contributed by atoms with Crippen LogP contribution in [0.5, 0.6) is 5.75 Å². The van der Waals surface area contributed by atoms with Gasteiger partial charge in [0.05, 0.1) is 12.3 Å². The monoisotopic (exact) mass is 290 g/mol. The molecule has 1 fully saturated rings. The molecule has 0 amide bonds. The highest BCUT2D eigenvalue weighted by Gasteiger charge is 2.19. The van der Waals surface area contributed by atoms with E-state index in [9.17, 15) is 0 Å². The van der Waals surface area contributed by atoms with Gasteiger partial charge in [0.2, 0.25) is 0 Å². The molecule has 1 saturated carbocycles. The summed E-state index contributed by atoms with van der Waals surface area (Å²) in [6.45, 7) is 6.12. The minimum absolute atomic E-state index is 0.660. The molecular formula is C18H30N2O. The number of aryl methyl sites for hydroxylation is 1. The predicted molar refractivity (Wildman–Crippen MR) is 89.8 cm³/mol. The van der Waals surface area contributed by atoms with E-state index in [4.69, 9.17) is 10.5 Å². The van der Waals surface area contributed by atoms with Crippen molar-refractivity contribution in [2.24, 2.45) is 5.92 Å². The minimum Gasteiger partial charge on any atom is -0.492 e. The van der Waals surface area contributed by atoms with E-state index in [0.717, 1.165) is 42.8 Å². The second-order valence-electron chi connectivity index (χ2n) is 6.23. The lowest BCUT2D eigenvalue weighted by Gasteiger charge is -2.29. The Kier molecular flexibility index (Phi) is 6.37. The van der Waals surface area contributed by atoms with E-state index in [1.807, 2.05) is 19.1 Å². The van der Waals surface area contributed by atoms with Gasteiger partial charge in [-0.1, -0.05) is 25.8 Å². The zero-order valence-corrected chi connectivity index (χ0v) is 13.5. The van der Waals surface area contributed by atoms with Gasteiger partial charge in [0.25, 0.3) is 0 Å². The van der Waals surface area contributed by atoms with Gasteiger partial charge in [0, 0.05) is 6.04 Å². The number of nitrogens with one attached hydrogen (secondary N) is 1. The van der Waals surface area contributed by atoms with Crippen LogP contribution in [-0.4, -0.2) is 19.2 Å². The number of anilines is 1. The van der Waals surface area contributed by atoms with Crippen molar-refractivity contribution >= 4 is 5.69 Å². The third-order valence-corrected chi connectivity index (χ3v) is 4.53. The van der Waals surface area contributed by atoms with Gasteiger partial charge in [-0.25, -0.2) is 0 Å². The number of benzene rings is 1. The zero-order chi connectivity index (χ0) is 15.1. The van der Waals surface area contributed by atoms with Crippen LogP contribution < -0.4 is 15.8 Å². The quantitative estimate of drug-likeness (QED) is 0.593. The molecule has 0 aliphatic heterocycles. The molecule has 2 unspecified atom stereocenters. The van der Waals surface area contributed by atoms with Crippen LogP contribution in [0.15, 0.2) is 18.2 Å². The van der Waals surface area contributed by atoms with E-state index in [-0.39, 0.29) is 0 Å². The standard InChI is InChI=1S/C18H30N2O/c1-3-21-18-11-10-15(13-16(18)19)8-6-12-20-17-9-5-4-7-14(17)2/h10-11,13-14,17,20H,3-9,12,19H2,1-2H3. The number of hydrogen-bond acceptors (Lipinski definition) is 3. The molecule has 0 heterocycles. The molecule has 3 heteroatoms. The topological polar surface area (TPSA) is 47.3 Å².